The predicted octanol–water partition coefficient (Wildman–Crippen LogP) is -1.21. The van der Waals surface area contributed by atoms with Crippen molar-refractivity contribution in [2.24, 2.45) is 0 Å². The molecule has 5 rings (SSSR count). The zero-order chi connectivity index (χ0) is 40.4. The first-order chi connectivity index (χ1) is 25.9. The zero-order valence-electron chi connectivity index (χ0n) is 29.9. The van der Waals surface area contributed by atoms with E-state index >= 15 is 0 Å². The Labute approximate surface area is 311 Å². The highest BCUT2D eigenvalue weighted by atomic mass is 16.8. The summed E-state index contributed by atoms with van der Waals surface area (Å²) in [6.07, 6.45) is -14.4. The number of phenolic OH excluding ortho intramolecular Hbond substituents is 2. The van der Waals surface area contributed by atoms with Crippen molar-refractivity contribution >= 4 is 22.9 Å². The molecule has 9 atom stereocenters. The maximum Gasteiger partial charge on any atom is 0.308 e. The van der Waals surface area contributed by atoms with Crippen LogP contribution in [0.2, 0.25) is 0 Å². The van der Waals surface area contributed by atoms with Gasteiger partial charge in [0.2, 0.25) is 17.5 Å². The molecule has 0 saturated carbocycles. The second kappa shape index (κ2) is 16.5. The number of methoxy groups -OCH3 is 3. The van der Waals surface area contributed by atoms with Crippen molar-refractivity contribution in [1.82, 2.24) is 0 Å². The molecule has 8 N–H and O–H groups in total. The molecule has 2 fully saturated rings. The van der Waals surface area contributed by atoms with E-state index in [9.17, 15) is 55.2 Å². The molecule has 55 heavy (non-hydrogen) atoms. The lowest BCUT2D eigenvalue weighted by molar-refractivity contribution is -0.319. The second-order valence-electron chi connectivity index (χ2n) is 13.2. The van der Waals surface area contributed by atoms with E-state index in [4.69, 9.17) is 37.6 Å². The van der Waals surface area contributed by atoms with Crippen LogP contribution in [0.25, 0.3) is 22.3 Å². The van der Waals surface area contributed by atoms with E-state index in [0.717, 1.165) is 13.2 Å². The van der Waals surface area contributed by atoms with E-state index in [1.54, 1.807) is 0 Å². The smallest absolute Gasteiger partial charge is 0.308 e. The number of carbonyl (C=O) groups excluding carboxylic acids is 2. The number of phenols is 2. The monoisotopic (exact) mass is 782 g/mol. The van der Waals surface area contributed by atoms with Crippen LogP contribution in [0.15, 0.2) is 39.5 Å². The number of aliphatic hydroxyl groups excluding tert-OH is 4. The standard InChI is InChI=1S/C35H42O20/c1-34(45,10-22(39)49-4)11-23(40)50-12-21-25(41)27(43)30(55-33-31(44)35(46,13-36)14-51-33)32(53-21)54-29-26(42)24-18(38)8-16(47-2)9-20(24)52-28(29)15-5-6-17(37)19(7-15)48-3/h5-9,21,25,27,30-33,36-38,41,43-46H,10-14H2,1-4H3. The number of benzene rings is 2. The number of hydrogen-bond donors (Lipinski definition) is 8. The summed E-state index contributed by atoms with van der Waals surface area (Å²) < 4.78 is 49.2. The van der Waals surface area contributed by atoms with Gasteiger partial charge in [0, 0.05) is 17.7 Å². The van der Waals surface area contributed by atoms with E-state index in [0.29, 0.717) is 0 Å². The van der Waals surface area contributed by atoms with Crippen LogP contribution in [0.3, 0.4) is 0 Å². The molecular weight excluding hydrogens is 740 g/mol. The third kappa shape index (κ3) is 8.72. The molecule has 1 aromatic heterocycles. The summed E-state index contributed by atoms with van der Waals surface area (Å²) in [5.41, 5.74) is -5.18. The average molecular weight is 783 g/mol. The van der Waals surface area contributed by atoms with Crippen LogP contribution in [0, 0.1) is 0 Å². The van der Waals surface area contributed by atoms with Gasteiger partial charge in [-0.3, -0.25) is 14.4 Å². The van der Waals surface area contributed by atoms with Crippen molar-refractivity contribution in [1.29, 1.82) is 0 Å². The Balaban J connectivity index is 1.55. The quantitative estimate of drug-likeness (QED) is 0.0890. The molecule has 2 saturated heterocycles. The summed E-state index contributed by atoms with van der Waals surface area (Å²) in [5, 5.41) is 84.5. The molecule has 3 aromatic rings. The third-order valence-corrected chi connectivity index (χ3v) is 9.02. The normalized spacial score (nSPS) is 27.6. The topological polar surface area (TPSA) is 300 Å². The summed E-state index contributed by atoms with van der Waals surface area (Å²) >= 11 is 0. The Hall–Kier alpha value is -4.77. The maximum atomic E-state index is 14.2. The molecule has 0 radical (unpaired) electrons. The van der Waals surface area contributed by atoms with Crippen molar-refractivity contribution in [3.63, 3.8) is 0 Å². The van der Waals surface area contributed by atoms with Crippen molar-refractivity contribution in [3.8, 4) is 40.1 Å². The molecule has 0 spiro atoms. The molecule has 3 heterocycles. The first-order valence-corrected chi connectivity index (χ1v) is 16.6. The fourth-order valence-corrected chi connectivity index (χ4v) is 5.94. The Morgan fingerprint density at radius 2 is 1.67 bits per heavy atom. The van der Waals surface area contributed by atoms with Crippen LogP contribution < -0.4 is 19.6 Å². The Bertz CT molecular complexity index is 1930. The van der Waals surface area contributed by atoms with Crippen LogP contribution in [0.1, 0.15) is 19.8 Å². The SMILES string of the molecule is COC(=O)CC(C)(O)CC(=O)OCC1OC(Oc2c(-c3ccc(O)c(OC)c3)oc3cc(OC)cc(O)c3c2=O)C(OC2OCC(O)(CO)C2O)C(O)C1O. The number of aromatic hydroxyl groups is 2. The highest BCUT2D eigenvalue weighted by Crippen LogP contribution is 2.40. The maximum absolute atomic E-state index is 14.2. The summed E-state index contributed by atoms with van der Waals surface area (Å²) in [5.74, 6) is -3.68. The molecule has 2 aliphatic rings. The average Bonchev–Trinajstić information content (AvgIpc) is 3.43. The van der Waals surface area contributed by atoms with Crippen molar-refractivity contribution in [3.05, 3.63) is 40.6 Å². The lowest BCUT2D eigenvalue weighted by Gasteiger charge is -2.42. The van der Waals surface area contributed by atoms with E-state index in [-0.39, 0.29) is 34.2 Å². The number of ether oxygens (including phenoxy) is 8. The molecule has 9 unspecified atom stereocenters. The molecule has 20 heteroatoms. The van der Waals surface area contributed by atoms with Gasteiger partial charge in [-0.25, -0.2) is 0 Å². The number of fused-ring (bicyclic) bond motifs is 1. The van der Waals surface area contributed by atoms with Crippen molar-refractivity contribution in [2.45, 2.75) is 74.1 Å². The van der Waals surface area contributed by atoms with E-state index in [1.807, 2.05) is 0 Å². The van der Waals surface area contributed by atoms with Crippen molar-refractivity contribution in [2.75, 3.05) is 41.2 Å². The lowest BCUT2D eigenvalue weighted by Crippen LogP contribution is -2.62. The van der Waals surface area contributed by atoms with Gasteiger partial charge in [-0.05, 0) is 25.1 Å². The minimum atomic E-state index is -2.19. The molecule has 0 bridgehead atoms. The lowest BCUT2D eigenvalue weighted by atomic mass is 9.97. The van der Waals surface area contributed by atoms with Crippen LogP contribution >= 0.6 is 0 Å². The minimum Gasteiger partial charge on any atom is -0.507 e. The van der Waals surface area contributed by atoms with Crippen LogP contribution in [0.5, 0.6) is 28.7 Å². The van der Waals surface area contributed by atoms with E-state index in [2.05, 4.69) is 4.74 Å². The van der Waals surface area contributed by atoms with E-state index < -0.39 is 121 Å². The molecular formula is C35H42O20. The summed E-state index contributed by atoms with van der Waals surface area (Å²) in [7, 11) is 3.68. The molecule has 302 valence electrons. The van der Waals surface area contributed by atoms with Gasteiger partial charge in [0.15, 0.2) is 29.7 Å². The molecule has 0 aliphatic carbocycles. The van der Waals surface area contributed by atoms with Gasteiger partial charge in [0.25, 0.3) is 0 Å². The Kier molecular flexibility index (Phi) is 12.4. The largest absolute Gasteiger partial charge is 0.507 e. The third-order valence-electron chi connectivity index (χ3n) is 9.02. The summed E-state index contributed by atoms with van der Waals surface area (Å²) in [6, 6.07) is 6.28. The fraction of sp³-hybridized carbons (Fsp3) is 0.514. The zero-order valence-corrected chi connectivity index (χ0v) is 29.9. The van der Waals surface area contributed by atoms with Gasteiger partial charge < -0.3 is 83.2 Å². The number of hydrogen-bond acceptors (Lipinski definition) is 20. The fourth-order valence-electron chi connectivity index (χ4n) is 5.94. The molecule has 2 aromatic carbocycles. The Morgan fingerprint density at radius 1 is 0.964 bits per heavy atom. The van der Waals surface area contributed by atoms with Crippen molar-refractivity contribution < 1.29 is 92.8 Å². The highest BCUT2D eigenvalue weighted by Gasteiger charge is 2.54. The summed E-state index contributed by atoms with van der Waals surface area (Å²) in [4.78, 5) is 38.6. The number of aliphatic hydroxyl groups is 6. The van der Waals surface area contributed by atoms with Crippen LogP contribution in [-0.2, 0) is 33.3 Å². The Morgan fingerprint density at radius 3 is 2.31 bits per heavy atom. The van der Waals surface area contributed by atoms with Gasteiger partial charge >= 0.3 is 11.9 Å². The van der Waals surface area contributed by atoms with Gasteiger partial charge in [0.05, 0.1) is 53.0 Å². The second-order valence-corrected chi connectivity index (χ2v) is 13.2. The van der Waals surface area contributed by atoms with Gasteiger partial charge in [-0.2, -0.15) is 0 Å². The predicted molar refractivity (Wildman–Crippen MR) is 181 cm³/mol. The first kappa shape index (κ1) is 41.4. The number of rotatable bonds is 14. The van der Waals surface area contributed by atoms with Crippen LogP contribution in [0.4, 0.5) is 0 Å². The van der Waals surface area contributed by atoms with Gasteiger partial charge in [0.1, 0.15) is 59.1 Å². The minimum absolute atomic E-state index is 0.0514. The van der Waals surface area contributed by atoms with Gasteiger partial charge in [-0.1, -0.05) is 0 Å². The number of esters is 2. The van der Waals surface area contributed by atoms with E-state index in [1.165, 1.54) is 45.4 Å². The molecule has 2 aliphatic heterocycles. The molecule has 0 amide bonds. The van der Waals surface area contributed by atoms with Crippen LogP contribution in [-0.4, -0.2) is 148 Å². The first-order valence-electron chi connectivity index (χ1n) is 16.6. The molecule has 20 nitrogen and oxygen atoms in total. The van der Waals surface area contributed by atoms with Gasteiger partial charge in [-0.15, -0.1) is 0 Å². The summed E-state index contributed by atoms with van der Waals surface area (Å²) in [6.45, 7) is -1.17. The number of carbonyl (C=O) groups is 2. The highest BCUT2D eigenvalue weighted by molar-refractivity contribution is 5.88.